The van der Waals surface area contributed by atoms with Crippen LogP contribution >= 0.6 is 15.7 Å². The van der Waals surface area contributed by atoms with Crippen LogP contribution in [0.25, 0.3) is 0 Å². The van der Waals surface area contributed by atoms with Crippen molar-refractivity contribution in [2.45, 2.75) is 19.4 Å². The van der Waals surface area contributed by atoms with E-state index >= 15 is 0 Å². The summed E-state index contributed by atoms with van der Waals surface area (Å²) in [6.45, 7) is 4.29. The zero-order chi connectivity index (χ0) is 35.3. The SMILES string of the molecule is CC(C)(CN=Cc1ccccc1[O-])N=Cc1ccccc1[O-].F[P-](F)(F)(F)(F)F.[O-2].[Re].c1ccc([PH+](c2ccccc2)c2ccccc2)cc1. The van der Waals surface area contributed by atoms with Crippen molar-refractivity contribution in [3.05, 3.63) is 151 Å². The fourth-order valence-electron chi connectivity index (χ4n) is 4.14. The third kappa shape index (κ3) is 18.2. The summed E-state index contributed by atoms with van der Waals surface area (Å²) in [6, 6.07) is 46.0. The van der Waals surface area contributed by atoms with Gasteiger partial charge in [0, 0.05) is 32.9 Å². The summed E-state index contributed by atoms with van der Waals surface area (Å²) in [5.41, 5.74) is 0.674. The Morgan fingerprint density at radius 1 is 0.560 bits per heavy atom. The molecule has 1 radical (unpaired) electrons. The maximum Gasteiger partial charge on any atom is 0.102 e. The van der Waals surface area contributed by atoms with E-state index in [1.165, 1.54) is 28.0 Å². The van der Waals surface area contributed by atoms with Gasteiger partial charge in [0.15, 0.2) is 0 Å². The quantitative estimate of drug-likeness (QED) is 0.0886. The predicted molar refractivity (Wildman–Crippen MR) is 187 cm³/mol. The molecule has 0 bridgehead atoms. The molecule has 0 aliphatic carbocycles. The normalized spacial score (nSPS) is 12.7. The van der Waals surface area contributed by atoms with Crippen molar-refractivity contribution < 1.29 is 61.3 Å². The predicted octanol–water partition coefficient (Wildman–Crippen LogP) is 8.59. The third-order valence-electron chi connectivity index (χ3n) is 6.29. The second-order valence-corrected chi connectivity index (χ2v) is 15.4. The molecule has 50 heavy (non-hydrogen) atoms. The van der Waals surface area contributed by atoms with Crippen molar-refractivity contribution in [2.75, 3.05) is 6.54 Å². The molecule has 0 aliphatic heterocycles. The van der Waals surface area contributed by atoms with Gasteiger partial charge in [-0.15, -0.1) is 11.5 Å². The van der Waals surface area contributed by atoms with E-state index in [4.69, 9.17) is 0 Å². The molecule has 0 spiro atoms. The van der Waals surface area contributed by atoms with Gasteiger partial charge in [0.1, 0.15) is 15.9 Å². The van der Waals surface area contributed by atoms with Crippen molar-refractivity contribution in [1.82, 2.24) is 0 Å². The minimum absolute atomic E-state index is 0. The summed E-state index contributed by atoms with van der Waals surface area (Å²) >= 11 is 0. The van der Waals surface area contributed by atoms with Gasteiger partial charge >= 0.3 is 33.0 Å². The molecule has 269 valence electrons. The van der Waals surface area contributed by atoms with Crippen molar-refractivity contribution >= 4 is 44.1 Å². The Hall–Kier alpha value is -3.90. The van der Waals surface area contributed by atoms with Gasteiger partial charge in [-0.2, -0.15) is 0 Å². The molecule has 5 aromatic rings. The molecule has 0 atom stereocenters. The molecule has 0 fully saturated rings. The number of hydrogen-bond acceptors (Lipinski definition) is 4. The number of benzene rings is 5. The molecule has 0 N–H and O–H groups in total. The topological polar surface area (TPSA) is 99.3 Å². The number of halogens is 6. The zero-order valence-corrected chi connectivity index (χ0v) is 31.5. The molecular formula is C36H34F6N2O3P2Re-4. The van der Waals surface area contributed by atoms with E-state index in [2.05, 4.69) is 101 Å². The van der Waals surface area contributed by atoms with Crippen molar-refractivity contribution in [3.63, 3.8) is 0 Å². The van der Waals surface area contributed by atoms with Crippen LogP contribution < -0.4 is 26.1 Å². The first-order valence-electron chi connectivity index (χ1n) is 14.5. The largest absolute Gasteiger partial charge is 2.00 e. The second kappa shape index (κ2) is 18.4. The molecule has 0 aromatic heterocycles. The number of rotatable bonds is 8. The second-order valence-electron chi connectivity index (χ2n) is 11.0. The number of nitrogens with zero attached hydrogens (tertiary/aromatic N) is 2. The van der Waals surface area contributed by atoms with Crippen molar-refractivity contribution in [3.8, 4) is 11.5 Å². The van der Waals surface area contributed by atoms with Gasteiger partial charge in [0.25, 0.3) is 0 Å². The van der Waals surface area contributed by atoms with E-state index in [0.717, 1.165) is 0 Å². The van der Waals surface area contributed by atoms with E-state index in [1.807, 2.05) is 13.8 Å². The van der Waals surface area contributed by atoms with E-state index in [0.29, 0.717) is 17.7 Å². The number of para-hydroxylation sites is 2. The van der Waals surface area contributed by atoms with Crippen molar-refractivity contribution in [1.29, 1.82) is 0 Å². The van der Waals surface area contributed by atoms with Gasteiger partial charge in [-0.25, -0.2) is 0 Å². The number of hydrogen-bond donors (Lipinski definition) is 0. The summed E-state index contributed by atoms with van der Waals surface area (Å²) in [7, 11) is -11.5. The molecule has 5 rings (SSSR count). The standard InChI is InChI=1S/C18H20N2O2.C18H15P.F6P.O.Re/c1-18(2,20-12-15-8-4-6-10-17(15)22)13-19-11-14-7-3-5-9-16(14)21;1-4-10-16(11-5-1)19(17-12-6-2-7-13-17)18-14-8-3-9-15-18;1-7(2,3,4,5)6;;/h3-12,21-22H,13H2,1-2H3;1-15H;;;/q;;-1;-2;/p-1. The maximum absolute atomic E-state index is 11.6. The van der Waals surface area contributed by atoms with Crippen LogP contribution in [-0.2, 0) is 25.9 Å². The summed E-state index contributed by atoms with van der Waals surface area (Å²) < 4.78 is 59.2. The van der Waals surface area contributed by atoms with Crippen LogP contribution in [0, 0.1) is 0 Å². The van der Waals surface area contributed by atoms with Crippen LogP contribution in [0.15, 0.2) is 150 Å². The fraction of sp³-hybridized carbons (Fsp3) is 0.111. The van der Waals surface area contributed by atoms with E-state index < -0.39 is 21.3 Å². The van der Waals surface area contributed by atoms with Crippen LogP contribution in [0.1, 0.15) is 25.0 Å². The van der Waals surface area contributed by atoms with Crippen molar-refractivity contribution in [2.24, 2.45) is 9.98 Å². The van der Waals surface area contributed by atoms with Gasteiger partial charge in [-0.3, -0.25) is 9.98 Å². The van der Waals surface area contributed by atoms with E-state index in [9.17, 15) is 35.4 Å². The van der Waals surface area contributed by atoms with Gasteiger partial charge in [-0.1, -0.05) is 103 Å². The summed E-state index contributed by atoms with van der Waals surface area (Å²) in [4.78, 5) is 8.72. The molecule has 5 nitrogen and oxygen atoms in total. The van der Waals surface area contributed by atoms with Gasteiger partial charge in [-0.05, 0) is 61.4 Å². The molecule has 0 heterocycles. The van der Waals surface area contributed by atoms with Gasteiger partial charge < -0.3 is 15.7 Å². The molecule has 0 saturated heterocycles. The Kier molecular flexibility index (Phi) is 16.2. The molecule has 0 amide bonds. The first-order chi connectivity index (χ1) is 22.4. The van der Waals surface area contributed by atoms with Crippen LogP contribution in [-0.4, -0.2) is 24.5 Å². The third-order valence-corrected chi connectivity index (χ3v) is 9.02. The zero-order valence-electron chi connectivity index (χ0n) is 26.9. The smallest absolute Gasteiger partial charge is 0.102 e. The Balaban J connectivity index is 0.000000410. The Morgan fingerprint density at radius 3 is 1.20 bits per heavy atom. The number of aliphatic imine (C=N–C) groups is 2. The van der Waals surface area contributed by atoms with E-state index in [1.54, 1.807) is 48.8 Å². The minimum atomic E-state index is -10.7. The average Bonchev–Trinajstić information content (AvgIpc) is 3.02. The molecule has 0 saturated carbocycles. The molecule has 5 aromatic carbocycles. The van der Waals surface area contributed by atoms with Gasteiger partial charge in [0.05, 0.1) is 20.0 Å². The minimum Gasteiger partial charge on any atom is -2.00 e. The van der Waals surface area contributed by atoms with Crippen LogP contribution in [0.5, 0.6) is 11.5 Å². The Bertz CT molecular complexity index is 1700. The molecular weight excluding hydrogens is 871 g/mol. The Labute approximate surface area is 302 Å². The Morgan fingerprint density at radius 2 is 0.860 bits per heavy atom. The monoisotopic (exact) mass is 905 g/mol. The van der Waals surface area contributed by atoms with Crippen LogP contribution in [0.3, 0.4) is 0 Å². The summed E-state index contributed by atoms with van der Waals surface area (Å²) in [5, 5.41) is 27.5. The van der Waals surface area contributed by atoms with Crippen LogP contribution in [0.2, 0.25) is 0 Å². The average molecular weight is 905 g/mol. The fourth-order valence-corrected chi connectivity index (χ4v) is 6.72. The molecule has 14 heteroatoms. The summed E-state index contributed by atoms with van der Waals surface area (Å²) in [6.07, 6.45) is 3.15. The van der Waals surface area contributed by atoms with E-state index in [-0.39, 0.29) is 37.4 Å². The first-order valence-corrected chi connectivity index (χ1v) is 18.1. The van der Waals surface area contributed by atoms with Gasteiger partial charge in [0.2, 0.25) is 0 Å². The van der Waals surface area contributed by atoms with Crippen LogP contribution in [0.4, 0.5) is 25.2 Å². The molecule has 0 unspecified atom stereocenters. The first kappa shape index (κ1) is 44.1. The molecule has 0 aliphatic rings. The summed E-state index contributed by atoms with van der Waals surface area (Å²) in [5.74, 6) is -0.0985. The maximum atomic E-state index is 11.6.